The molecule has 6 nitrogen and oxygen atoms in total. The second-order valence-corrected chi connectivity index (χ2v) is 7.64. The summed E-state index contributed by atoms with van der Waals surface area (Å²) in [5.74, 6) is 0.912. The molecule has 1 aromatic carbocycles. The Morgan fingerprint density at radius 3 is 2.59 bits per heavy atom. The van der Waals surface area contributed by atoms with Crippen LogP contribution in [0.1, 0.15) is 38.2 Å². The Hall–Kier alpha value is -1.16. The molecule has 0 bridgehead atoms. The number of nitrogens with zero attached hydrogens (tertiary/aromatic N) is 4. The fourth-order valence-corrected chi connectivity index (χ4v) is 3.80. The van der Waals surface area contributed by atoms with Crippen molar-refractivity contribution in [3.05, 3.63) is 47.0 Å². The number of aryl methyl sites for hydroxylation is 1. The first-order valence-electron chi connectivity index (χ1n) is 9.33. The number of aromatic nitrogens is 3. The highest BCUT2D eigenvalue weighted by molar-refractivity contribution is 14.0. The highest BCUT2D eigenvalue weighted by Gasteiger charge is 2.45. The molecule has 3 rings (SSSR count). The molecule has 0 spiro atoms. The second kappa shape index (κ2) is 11.0. The van der Waals surface area contributed by atoms with Gasteiger partial charge < -0.3 is 15.2 Å². The normalized spacial score (nSPS) is 15.1. The van der Waals surface area contributed by atoms with Gasteiger partial charge in [0.05, 0.1) is 6.54 Å². The highest BCUT2D eigenvalue weighted by atomic mass is 127. The Balaban J connectivity index is 0.00000261. The second-order valence-electron chi connectivity index (χ2n) is 6.79. The van der Waals surface area contributed by atoms with Crippen LogP contribution in [0.15, 0.2) is 46.4 Å². The van der Waals surface area contributed by atoms with Crippen molar-refractivity contribution in [2.75, 3.05) is 19.6 Å². The minimum absolute atomic E-state index is 0. The van der Waals surface area contributed by atoms with E-state index < -0.39 is 0 Å². The molecule has 0 amide bonds. The summed E-state index contributed by atoms with van der Waals surface area (Å²) in [5, 5.41) is 14.5. The number of nitrogens with one attached hydrogen (secondary N) is 2. The maximum Gasteiger partial charge on any atom is 0.191 e. The van der Waals surface area contributed by atoms with Crippen molar-refractivity contribution in [3.63, 3.8) is 0 Å². The fraction of sp³-hybridized carbons (Fsp3) is 0.526. The van der Waals surface area contributed by atoms with Crippen LogP contribution in [0.3, 0.4) is 0 Å². The average Bonchev–Trinajstić information content (AvgIpc) is 3.25. The maximum absolute atomic E-state index is 4.86. The van der Waals surface area contributed by atoms with Crippen molar-refractivity contribution in [3.8, 4) is 0 Å². The van der Waals surface area contributed by atoms with E-state index in [4.69, 9.17) is 4.99 Å². The number of hydrogen-bond donors (Lipinski definition) is 2. The Labute approximate surface area is 186 Å². The predicted octanol–water partition coefficient (Wildman–Crippen LogP) is 3.73. The Morgan fingerprint density at radius 2 is 1.93 bits per heavy atom. The minimum Gasteiger partial charge on any atom is -0.357 e. The van der Waals surface area contributed by atoms with Crippen LogP contribution >= 0.6 is 39.9 Å². The molecule has 0 aliphatic heterocycles. The van der Waals surface area contributed by atoms with Gasteiger partial charge in [-0.25, -0.2) is 0 Å². The summed E-state index contributed by atoms with van der Waals surface area (Å²) in [4.78, 5) is 4.86. The molecule has 0 unspecified atom stereocenters. The van der Waals surface area contributed by atoms with Gasteiger partial charge in [0.15, 0.2) is 5.96 Å². The zero-order valence-corrected chi connectivity index (χ0v) is 19.6. The minimum atomic E-state index is 0. The summed E-state index contributed by atoms with van der Waals surface area (Å²) in [7, 11) is 0. The molecule has 1 aromatic heterocycles. The molecular formula is C19H28BrIN6. The van der Waals surface area contributed by atoms with Gasteiger partial charge in [-0.05, 0) is 44.2 Å². The maximum atomic E-state index is 4.86. The number of hydrogen-bond acceptors (Lipinski definition) is 3. The van der Waals surface area contributed by atoms with Crippen LogP contribution in [0.2, 0.25) is 0 Å². The van der Waals surface area contributed by atoms with Gasteiger partial charge in [-0.15, -0.1) is 34.2 Å². The van der Waals surface area contributed by atoms with E-state index >= 15 is 0 Å². The number of aliphatic imine (C=N–C) groups is 1. The summed E-state index contributed by atoms with van der Waals surface area (Å²) >= 11 is 3.69. The van der Waals surface area contributed by atoms with E-state index in [1.54, 1.807) is 12.7 Å². The van der Waals surface area contributed by atoms with Crippen LogP contribution in [-0.2, 0) is 12.0 Å². The first-order chi connectivity index (χ1) is 12.7. The molecule has 1 aliphatic rings. The molecule has 2 aromatic rings. The summed E-state index contributed by atoms with van der Waals surface area (Å²) in [5.41, 5.74) is 1.59. The summed E-state index contributed by atoms with van der Waals surface area (Å²) in [6.07, 6.45) is 8.10. The zero-order chi connectivity index (χ0) is 18.2. The van der Waals surface area contributed by atoms with E-state index in [0.29, 0.717) is 0 Å². The number of rotatable bonds is 9. The Bertz CT molecular complexity index is 715. The van der Waals surface area contributed by atoms with Crippen LogP contribution in [0.25, 0.3) is 0 Å². The van der Waals surface area contributed by atoms with Gasteiger partial charge in [0, 0.05) is 29.5 Å². The molecule has 1 fully saturated rings. The molecular weight excluding hydrogens is 519 g/mol. The number of benzene rings is 1. The molecule has 0 radical (unpaired) electrons. The lowest BCUT2D eigenvalue weighted by Gasteiger charge is -2.17. The van der Waals surface area contributed by atoms with E-state index in [9.17, 15) is 0 Å². The van der Waals surface area contributed by atoms with Gasteiger partial charge in [0.1, 0.15) is 12.7 Å². The van der Waals surface area contributed by atoms with E-state index in [2.05, 4.69) is 68.0 Å². The summed E-state index contributed by atoms with van der Waals surface area (Å²) < 4.78 is 3.20. The van der Waals surface area contributed by atoms with Crippen molar-refractivity contribution in [2.45, 2.75) is 44.6 Å². The molecule has 1 saturated carbocycles. The van der Waals surface area contributed by atoms with Crippen LogP contribution < -0.4 is 10.6 Å². The monoisotopic (exact) mass is 546 g/mol. The van der Waals surface area contributed by atoms with Crippen LogP contribution in [0.5, 0.6) is 0 Å². The molecule has 1 aliphatic carbocycles. The quantitative estimate of drug-likeness (QED) is 0.218. The number of halogens is 2. The number of unbranched alkanes of at least 4 members (excludes halogenated alkanes) is 1. The summed E-state index contributed by atoms with van der Waals surface area (Å²) in [6.45, 7) is 5.66. The van der Waals surface area contributed by atoms with Gasteiger partial charge in [0.2, 0.25) is 0 Å². The third-order valence-corrected chi connectivity index (χ3v) is 5.48. The van der Waals surface area contributed by atoms with Crippen LogP contribution in [0.4, 0.5) is 0 Å². The predicted molar refractivity (Wildman–Crippen MR) is 124 cm³/mol. The largest absolute Gasteiger partial charge is 0.357 e. The standard InChI is InChI=1S/C19H27BrN6.HI/c1-2-21-18(22-11-5-6-12-26-14-24-25-15-26)23-13-19(9-10-19)16-7-3-4-8-17(16)20;/h3-4,7-8,14-15H,2,5-6,9-13H2,1H3,(H2,21,22,23);1H. The van der Waals surface area contributed by atoms with Gasteiger partial charge in [-0.3, -0.25) is 4.99 Å². The molecule has 2 N–H and O–H groups in total. The van der Waals surface area contributed by atoms with Gasteiger partial charge in [-0.1, -0.05) is 34.1 Å². The molecule has 0 saturated heterocycles. The molecule has 0 atom stereocenters. The first kappa shape index (κ1) is 22.1. The van der Waals surface area contributed by atoms with E-state index in [-0.39, 0.29) is 29.4 Å². The molecule has 1 heterocycles. The fourth-order valence-electron chi connectivity index (χ4n) is 3.09. The molecule has 8 heteroatoms. The lowest BCUT2D eigenvalue weighted by molar-refractivity contribution is 0.596. The van der Waals surface area contributed by atoms with Gasteiger partial charge in [-0.2, -0.15) is 0 Å². The third kappa shape index (κ3) is 6.44. The van der Waals surface area contributed by atoms with Gasteiger partial charge in [0.25, 0.3) is 0 Å². The van der Waals surface area contributed by atoms with E-state index in [0.717, 1.165) is 45.0 Å². The van der Waals surface area contributed by atoms with Crippen molar-refractivity contribution >= 4 is 45.9 Å². The topological polar surface area (TPSA) is 67.1 Å². The zero-order valence-electron chi connectivity index (χ0n) is 15.7. The van der Waals surface area contributed by atoms with Crippen molar-refractivity contribution < 1.29 is 0 Å². The Morgan fingerprint density at radius 1 is 1.19 bits per heavy atom. The van der Waals surface area contributed by atoms with E-state index in [1.165, 1.54) is 22.9 Å². The lowest BCUT2D eigenvalue weighted by atomic mass is 9.96. The smallest absolute Gasteiger partial charge is 0.191 e. The van der Waals surface area contributed by atoms with Crippen molar-refractivity contribution in [1.82, 2.24) is 25.4 Å². The Kier molecular flexibility index (Phi) is 9.01. The first-order valence-corrected chi connectivity index (χ1v) is 10.1. The number of guanidine groups is 1. The van der Waals surface area contributed by atoms with Crippen molar-refractivity contribution in [1.29, 1.82) is 0 Å². The van der Waals surface area contributed by atoms with Crippen LogP contribution in [-0.4, -0.2) is 40.4 Å². The van der Waals surface area contributed by atoms with Crippen LogP contribution in [0, 0.1) is 0 Å². The van der Waals surface area contributed by atoms with E-state index in [1.807, 2.05) is 4.57 Å². The molecule has 148 valence electrons. The lowest BCUT2D eigenvalue weighted by Crippen LogP contribution is -2.38. The average molecular weight is 547 g/mol. The molecule has 27 heavy (non-hydrogen) atoms. The summed E-state index contributed by atoms with van der Waals surface area (Å²) in [6, 6.07) is 8.53. The van der Waals surface area contributed by atoms with Crippen molar-refractivity contribution in [2.24, 2.45) is 4.99 Å². The third-order valence-electron chi connectivity index (χ3n) is 4.78. The van der Waals surface area contributed by atoms with Gasteiger partial charge >= 0.3 is 0 Å². The SMILES string of the molecule is CCNC(=NCC1(c2ccccc2Br)CC1)NCCCCn1cnnc1.I. The highest BCUT2D eigenvalue weighted by Crippen LogP contribution is 2.50.